The van der Waals surface area contributed by atoms with Crippen molar-refractivity contribution in [3.63, 3.8) is 0 Å². The molecule has 0 atom stereocenters. The van der Waals surface area contributed by atoms with Crippen molar-refractivity contribution in [3.05, 3.63) is 24.5 Å². The summed E-state index contributed by atoms with van der Waals surface area (Å²) in [6.45, 7) is 2.47. The third-order valence-electron chi connectivity index (χ3n) is 2.35. The predicted octanol–water partition coefficient (Wildman–Crippen LogP) is -0.325. The van der Waals surface area contributed by atoms with Gasteiger partial charge in [-0.25, -0.2) is 8.42 Å². The molecule has 0 radical (unpaired) electrons. The SMILES string of the molecule is O=S(=O)(c1cccnc1)N1CCNCC1. The van der Waals surface area contributed by atoms with Crippen molar-refractivity contribution in [2.75, 3.05) is 26.2 Å². The van der Waals surface area contributed by atoms with Crippen molar-refractivity contribution in [3.8, 4) is 0 Å². The van der Waals surface area contributed by atoms with E-state index in [0.717, 1.165) is 0 Å². The first-order chi connectivity index (χ1) is 7.21. The smallest absolute Gasteiger partial charge is 0.244 e. The molecule has 0 amide bonds. The fourth-order valence-electron chi connectivity index (χ4n) is 1.53. The Bertz CT molecular complexity index is 412. The molecule has 0 aromatic carbocycles. The molecule has 0 saturated carbocycles. The monoisotopic (exact) mass is 227 g/mol. The van der Waals surface area contributed by atoms with Crippen LogP contribution in [0, 0.1) is 0 Å². The van der Waals surface area contributed by atoms with Gasteiger partial charge in [0, 0.05) is 38.6 Å². The Labute approximate surface area is 89.2 Å². The van der Waals surface area contributed by atoms with Crippen LogP contribution < -0.4 is 5.32 Å². The van der Waals surface area contributed by atoms with Crippen LogP contribution in [0.1, 0.15) is 0 Å². The number of nitrogens with one attached hydrogen (secondary N) is 1. The third kappa shape index (κ3) is 2.17. The average Bonchev–Trinajstić information content (AvgIpc) is 2.31. The highest BCUT2D eigenvalue weighted by atomic mass is 32.2. The van der Waals surface area contributed by atoms with Crippen molar-refractivity contribution in [1.29, 1.82) is 0 Å². The number of aromatic nitrogens is 1. The zero-order valence-electron chi connectivity index (χ0n) is 8.26. The van der Waals surface area contributed by atoms with Crippen molar-refractivity contribution >= 4 is 10.0 Å². The van der Waals surface area contributed by atoms with Crippen LogP contribution in [0.2, 0.25) is 0 Å². The minimum Gasteiger partial charge on any atom is -0.314 e. The Balaban J connectivity index is 2.26. The van der Waals surface area contributed by atoms with Crippen LogP contribution in [-0.2, 0) is 10.0 Å². The normalized spacial score (nSPS) is 18.9. The molecule has 2 rings (SSSR count). The molecule has 0 bridgehead atoms. The summed E-state index contributed by atoms with van der Waals surface area (Å²) in [5, 5.41) is 3.12. The molecule has 1 saturated heterocycles. The Morgan fingerprint density at radius 2 is 2.07 bits per heavy atom. The van der Waals surface area contributed by atoms with E-state index < -0.39 is 10.0 Å². The first-order valence-electron chi connectivity index (χ1n) is 4.82. The number of piperazine rings is 1. The van der Waals surface area contributed by atoms with Gasteiger partial charge in [-0.3, -0.25) is 4.98 Å². The summed E-state index contributed by atoms with van der Waals surface area (Å²) in [5.41, 5.74) is 0. The molecule has 0 spiro atoms. The van der Waals surface area contributed by atoms with Crippen molar-refractivity contribution < 1.29 is 8.42 Å². The first-order valence-corrected chi connectivity index (χ1v) is 6.26. The van der Waals surface area contributed by atoms with Crippen LogP contribution in [0.3, 0.4) is 0 Å². The lowest BCUT2D eigenvalue weighted by Crippen LogP contribution is -2.46. The van der Waals surface area contributed by atoms with Gasteiger partial charge in [-0.2, -0.15) is 4.31 Å². The van der Waals surface area contributed by atoms with E-state index >= 15 is 0 Å². The number of hydrogen-bond acceptors (Lipinski definition) is 4. The van der Waals surface area contributed by atoms with E-state index in [9.17, 15) is 8.42 Å². The summed E-state index contributed by atoms with van der Waals surface area (Å²) in [6, 6.07) is 3.21. The summed E-state index contributed by atoms with van der Waals surface area (Å²) in [7, 11) is -3.33. The van der Waals surface area contributed by atoms with E-state index in [4.69, 9.17) is 0 Å². The van der Waals surface area contributed by atoms with Crippen LogP contribution >= 0.6 is 0 Å². The fourth-order valence-corrected chi connectivity index (χ4v) is 2.94. The number of rotatable bonds is 2. The molecule has 5 nitrogen and oxygen atoms in total. The lowest BCUT2D eigenvalue weighted by atomic mass is 10.4. The molecular weight excluding hydrogens is 214 g/mol. The number of sulfonamides is 1. The van der Waals surface area contributed by atoms with Crippen LogP contribution in [0.15, 0.2) is 29.4 Å². The van der Waals surface area contributed by atoms with Gasteiger partial charge < -0.3 is 5.32 Å². The molecule has 1 fully saturated rings. The van der Waals surface area contributed by atoms with E-state index in [1.807, 2.05) is 0 Å². The van der Waals surface area contributed by atoms with E-state index in [1.165, 1.54) is 10.5 Å². The number of pyridine rings is 1. The summed E-state index contributed by atoms with van der Waals surface area (Å²) in [5.74, 6) is 0. The largest absolute Gasteiger partial charge is 0.314 e. The quantitative estimate of drug-likeness (QED) is 0.752. The first kappa shape index (κ1) is 10.5. The summed E-state index contributed by atoms with van der Waals surface area (Å²) in [6.07, 6.45) is 2.95. The minimum absolute atomic E-state index is 0.270. The molecule has 6 heteroatoms. The van der Waals surface area contributed by atoms with Crippen molar-refractivity contribution in [2.24, 2.45) is 0 Å². The van der Waals surface area contributed by atoms with Gasteiger partial charge in [-0.05, 0) is 12.1 Å². The molecule has 1 aliphatic heterocycles. The lowest BCUT2D eigenvalue weighted by Gasteiger charge is -2.26. The second kappa shape index (κ2) is 4.26. The summed E-state index contributed by atoms with van der Waals surface area (Å²) < 4.78 is 25.6. The maximum Gasteiger partial charge on any atom is 0.244 e. The number of nitrogens with zero attached hydrogens (tertiary/aromatic N) is 2. The van der Waals surface area contributed by atoms with Crippen LogP contribution in [0.25, 0.3) is 0 Å². The van der Waals surface area contributed by atoms with E-state index in [0.29, 0.717) is 26.2 Å². The molecule has 1 N–H and O–H groups in total. The maximum atomic E-state index is 12.0. The van der Waals surface area contributed by atoms with Gasteiger partial charge in [0.15, 0.2) is 0 Å². The Hall–Kier alpha value is -0.980. The van der Waals surface area contributed by atoms with Gasteiger partial charge in [-0.1, -0.05) is 0 Å². The van der Waals surface area contributed by atoms with E-state index in [2.05, 4.69) is 10.3 Å². The molecule has 1 aromatic heterocycles. The number of hydrogen-bond donors (Lipinski definition) is 1. The average molecular weight is 227 g/mol. The van der Waals surface area contributed by atoms with Crippen molar-refractivity contribution in [2.45, 2.75) is 4.90 Å². The lowest BCUT2D eigenvalue weighted by molar-refractivity contribution is 0.360. The van der Waals surface area contributed by atoms with Crippen LogP contribution in [0.4, 0.5) is 0 Å². The Morgan fingerprint density at radius 1 is 1.33 bits per heavy atom. The molecule has 1 aliphatic rings. The molecule has 0 aliphatic carbocycles. The van der Waals surface area contributed by atoms with Gasteiger partial charge >= 0.3 is 0 Å². The van der Waals surface area contributed by atoms with Gasteiger partial charge in [0.2, 0.25) is 10.0 Å². The minimum atomic E-state index is -3.33. The highest BCUT2D eigenvalue weighted by Gasteiger charge is 2.25. The zero-order valence-corrected chi connectivity index (χ0v) is 9.07. The zero-order chi connectivity index (χ0) is 10.7. The van der Waals surface area contributed by atoms with Crippen LogP contribution in [0.5, 0.6) is 0 Å². The van der Waals surface area contributed by atoms with E-state index in [-0.39, 0.29) is 4.90 Å². The fraction of sp³-hybridized carbons (Fsp3) is 0.444. The Kier molecular flexibility index (Phi) is 2.99. The molecule has 0 unspecified atom stereocenters. The predicted molar refractivity (Wildman–Crippen MR) is 55.9 cm³/mol. The topological polar surface area (TPSA) is 62.3 Å². The van der Waals surface area contributed by atoms with Crippen LogP contribution in [-0.4, -0.2) is 43.9 Å². The Morgan fingerprint density at radius 3 is 2.67 bits per heavy atom. The summed E-state index contributed by atoms with van der Waals surface area (Å²) in [4.78, 5) is 4.09. The van der Waals surface area contributed by atoms with Gasteiger partial charge in [0.25, 0.3) is 0 Å². The molecular formula is C9H13N3O2S. The molecule has 2 heterocycles. The van der Waals surface area contributed by atoms with Crippen molar-refractivity contribution in [1.82, 2.24) is 14.6 Å². The van der Waals surface area contributed by atoms with Gasteiger partial charge in [-0.15, -0.1) is 0 Å². The molecule has 1 aromatic rings. The molecule has 15 heavy (non-hydrogen) atoms. The molecule has 82 valence electrons. The standard InChI is InChI=1S/C9H13N3O2S/c13-15(14,9-2-1-3-11-8-9)12-6-4-10-5-7-12/h1-3,8,10H,4-7H2. The van der Waals surface area contributed by atoms with Gasteiger partial charge in [0.05, 0.1) is 0 Å². The maximum absolute atomic E-state index is 12.0. The summed E-state index contributed by atoms with van der Waals surface area (Å²) >= 11 is 0. The highest BCUT2D eigenvalue weighted by Crippen LogP contribution is 2.13. The second-order valence-corrected chi connectivity index (χ2v) is 5.28. The van der Waals surface area contributed by atoms with Gasteiger partial charge in [0.1, 0.15) is 4.90 Å². The highest BCUT2D eigenvalue weighted by molar-refractivity contribution is 7.89. The second-order valence-electron chi connectivity index (χ2n) is 3.34. The third-order valence-corrected chi connectivity index (χ3v) is 4.23. The van der Waals surface area contributed by atoms with E-state index in [1.54, 1.807) is 18.3 Å².